The summed E-state index contributed by atoms with van der Waals surface area (Å²) in [5, 5.41) is 2.67. The van der Waals surface area contributed by atoms with E-state index in [2.05, 4.69) is 5.32 Å². The summed E-state index contributed by atoms with van der Waals surface area (Å²) in [4.78, 5) is 23.7. The van der Waals surface area contributed by atoms with E-state index >= 15 is 0 Å². The first-order chi connectivity index (χ1) is 11.1. The van der Waals surface area contributed by atoms with Gasteiger partial charge in [0.05, 0.1) is 0 Å². The average Bonchev–Trinajstić information content (AvgIpc) is 2.55. The van der Waals surface area contributed by atoms with E-state index in [0.717, 1.165) is 5.56 Å². The fraction of sp³-hybridized carbons (Fsp3) is 0.222. The molecule has 1 atom stereocenters. The lowest BCUT2D eigenvalue weighted by atomic mass is 10.2. The first kappa shape index (κ1) is 16.5. The fourth-order valence-corrected chi connectivity index (χ4v) is 1.91. The van der Waals surface area contributed by atoms with Crippen molar-refractivity contribution >= 4 is 17.6 Å². The number of benzene rings is 2. The number of carbonyl (C=O) groups excluding carboxylic acids is 2. The van der Waals surface area contributed by atoms with Gasteiger partial charge in [0, 0.05) is 5.69 Å². The molecule has 1 N–H and O–H groups in total. The highest BCUT2D eigenvalue weighted by molar-refractivity contribution is 5.95. The first-order valence-corrected chi connectivity index (χ1v) is 7.30. The average molecular weight is 313 g/mol. The monoisotopic (exact) mass is 313 g/mol. The van der Waals surface area contributed by atoms with Crippen molar-refractivity contribution < 1.29 is 19.1 Å². The van der Waals surface area contributed by atoms with Crippen LogP contribution in [0.25, 0.3) is 0 Å². The Balaban J connectivity index is 1.80. The molecule has 0 aliphatic heterocycles. The molecule has 1 amide bonds. The molecule has 0 unspecified atom stereocenters. The maximum atomic E-state index is 11.9. The van der Waals surface area contributed by atoms with E-state index in [-0.39, 0.29) is 12.5 Å². The Morgan fingerprint density at radius 3 is 2.39 bits per heavy atom. The van der Waals surface area contributed by atoms with Crippen molar-refractivity contribution in [3.8, 4) is 5.75 Å². The maximum absolute atomic E-state index is 11.9. The van der Waals surface area contributed by atoms with E-state index in [4.69, 9.17) is 9.47 Å². The van der Waals surface area contributed by atoms with Crippen LogP contribution in [0.4, 0.5) is 5.69 Å². The molecule has 0 heterocycles. The molecule has 5 heteroatoms. The number of anilines is 1. The van der Waals surface area contributed by atoms with Crippen LogP contribution in [0.1, 0.15) is 12.5 Å². The lowest BCUT2D eigenvalue weighted by molar-refractivity contribution is -0.155. The minimum Gasteiger partial charge on any atom is -0.482 e. The van der Waals surface area contributed by atoms with Crippen LogP contribution in [0, 0.1) is 6.92 Å². The second-order valence-electron chi connectivity index (χ2n) is 5.04. The molecule has 0 fully saturated rings. The number of aryl methyl sites for hydroxylation is 1. The number of ether oxygens (including phenoxy) is 2. The van der Waals surface area contributed by atoms with E-state index in [1.54, 1.807) is 18.2 Å². The summed E-state index contributed by atoms with van der Waals surface area (Å²) < 4.78 is 10.5. The number of nitrogens with one attached hydrogen (secondary N) is 1. The molecule has 0 saturated heterocycles. The van der Waals surface area contributed by atoms with Crippen LogP contribution < -0.4 is 10.1 Å². The molecule has 2 aromatic rings. The zero-order chi connectivity index (χ0) is 16.7. The molecular formula is C18H19NO4. The van der Waals surface area contributed by atoms with Crippen LogP contribution in [0.2, 0.25) is 0 Å². The lowest BCUT2D eigenvalue weighted by Gasteiger charge is -2.14. The number of hydrogen-bond acceptors (Lipinski definition) is 4. The van der Waals surface area contributed by atoms with Gasteiger partial charge in [-0.15, -0.1) is 0 Å². The summed E-state index contributed by atoms with van der Waals surface area (Å²) in [6, 6.07) is 16.3. The van der Waals surface area contributed by atoms with Gasteiger partial charge in [0.15, 0.2) is 12.7 Å². The Labute approximate surface area is 135 Å². The zero-order valence-electron chi connectivity index (χ0n) is 13.1. The van der Waals surface area contributed by atoms with Crippen molar-refractivity contribution in [3.63, 3.8) is 0 Å². The molecule has 2 aromatic carbocycles. The summed E-state index contributed by atoms with van der Waals surface area (Å²) in [6.45, 7) is 3.16. The van der Waals surface area contributed by atoms with Crippen molar-refractivity contribution in [3.05, 3.63) is 60.2 Å². The van der Waals surface area contributed by atoms with Crippen LogP contribution in [-0.2, 0) is 14.3 Å². The molecule has 0 spiro atoms. The topological polar surface area (TPSA) is 64.6 Å². The molecule has 0 radical (unpaired) electrons. The van der Waals surface area contributed by atoms with E-state index in [9.17, 15) is 9.59 Å². The Morgan fingerprint density at radius 1 is 1.04 bits per heavy atom. The molecular weight excluding hydrogens is 294 g/mol. The van der Waals surface area contributed by atoms with Gasteiger partial charge in [-0.1, -0.05) is 36.4 Å². The number of carbonyl (C=O) groups is 2. The molecule has 2 rings (SSSR count). The third-order valence-electron chi connectivity index (χ3n) is 3.16. The van der Waals surface area contributed by atoms with Gasteiger partial charge in [0.2, 0.25) is 0 Å². The normalized spacial score (nSPS) is 11.4. The van der Waals surface area contributed by atoms with Crippen LogP contribution in [0.3, 0.4) is 0 Å². The number of amides is 1. The second-order valence-corrected chi connectivity index (χ2v) is 5.04. The van der Waals surface area contributed by atoms with Gasteiger partial charge in [-0.3, -0.25) is 4.79 Å². The molecule has 120 valence electrons. The summed E-state index contributed by atoms with van der Waals surface area (Å²) in [6.07, 6.45) is -0.900. The van der Waals surface area contributed by atoms with E-state index < -0.39 is 12.1 Å². The highest BCUT2D eigenvalue weighted by atomic mass is 16.6. The SMILES string of the molecule is Cc1ccccc1OCC(=O)O[C@H](C)C(=O)Nc1ccccc1. The van der Waals surface area contributed by atoms with Gasteiger partial charge in [0.25, 0.3) is 5.91 Å². The van der Waals surface area contributed by atoms with Gasteiger partial charge in [0.1, 0.15) is 5.75 Å². The van der Waals surface area contributed by atoms with Gasteiger partial charge < -0.3 is 14.8 Å². The minimum atomic E-state index is -0.900. The molecule has 0 bridgehead atoms. The smallest absolute Gasteiger partial charge is 0.344 e. The van der Waals surface area contributed by atoms with Crippen molar-refractivity contribution in [2.24, 2.45) is 0 Å². The van der Waals surface area contributed by atoms with Crippen LogP contribution in [0.15, 0.2) is 54.6 Å². The number of hydrogen-bond donors (Lipinski definition) is 1. The Hall–Kier alpha value is -2.82. The zero-order valence-corrected chi connectivity index (χ0v) is 13.1. The van der Waals surface area contributed by atoms with Gasteiger partial charge in [-0.05, 0) is 37.6 Å². The Bertz CT molecular complexity index is 670. The van der Waals surface area contributed by atoms with Crippen molar-refractivity contribution in [1.29, 1.82) is 0 Å². The summed E-state index contributed by atoms with van der Waals surface area (Å²) in [5.74, 6) is -0.366. The molecule has 0 aromatic heterocycles. The third-order valence-corrected chi connectivity index (χ3v) is 3.16. The number of esters is 1. The van der Waals surface area contributed by atoms with Crippen molar-refractivity contribution in [2.45, 2.75) is 20.0 Å². The van der Waals surface area contributed by atoms with Gasteiger partial charge >= 0.3 is 5.97 Å². The molecule has 23 heavy (non-hydrogen) atoms. The lowest BCUT2D eigenvalue weighted by Crippen LogP contribution is -2.31. The summed E-state index contributed by atoms with van der Waals surface area (Å²) in [7, 11) is 0. The molecule has 0 aliphatic rings. The largest absolute Gasteiger partial charge is 0.482 e. The molecule has 5 nitrogen and oxygen atoms in total. The van der Waals surface area contributed by atoms with Gasteiger partial charge in [-0.2, -0.15) is 0 Å². The fourth-order valence-electron chi connectivity index (χ4n) is 1.91. The van der Waals surface area contributed by atoms with E-state index in [1.807, 2.05) is 43.3 Å². The highest BCUT2D eigenvalue weighted by Crippen LogP contribution is 2.16. The van der Waals surface area contributed by atoms with Crippen LogP contribution in [0.5, 0.6) is 5.75 Å². The minimum absolute atomic E-state index is 0.242. The molecule has 0 aliphatic carbocycles. The standard InChI is InChI=1S/C18H19NO4/c1-13-8-6-7-11-16(13)22-12-17(20)23-14(2)18(21)19-15-9-4-3-5-10-15/h3-11,14H,12H2,1-2H3,(H,19,21)/t14-/m1/s1. The predicted molar refractivity (Wildman–Crippen MR) is 87.3 cm³/mol. The van der Waals surface area contributed by atoms with Crippen molar-refractivity contribution in [1.82, 2.24) is 0 Å². The summed E-state index contributed by atoms with van der Waals surface area (Å²) >= 11 is 0. The predicted octanol–water partition coefficient (Wildman–Crippen LogP) is 2.94. The maximum Gasteiger partial charge on any atom is 0.344 e. The van der Waals surface area contributed by atoms with Crippen LogP contribution in [-0.4, -0.2) is 24.6 Å². The number of rotatable bonds is 6. The Morgan fingerprint density at radius 2 is 1.70 bits per heavy atom. The number of para-hydroxylation sites is 2. The second kappa shape index (κ2) is 7.98. The summed E-state index contributed by atoms with van der Waals surface area (Å²) in [5.41, 5.74) is 1.58. The van der Waals surface area contributed by atoms with Crippen LogP contribution >= 0.6 is 0 Å². The third kappa shape index (κ3) is 5.14. The highest BCUT2D eigenvalue weighted by Gasteiger charge is 2.18. The Kier molecular flexibility index (Phi) is 5.74. The quantitative estimate of drug-likeness (QED) is 0.833. The van der Waals surface area contributed by atoms with E-state index in [0.29, 0.717) is 11.4 Å². The van der Waals surface area contributed by atoms with E-state index in [1.165, 1.54) is 6.92 Å². The van der Waals surface area contributed by atoms with Gasteiger partial charge in [-0.25, -0.2) is 4.79 Å². The van der Waals surface area contributed by atoms with Crippen molar-refractivity contribution in [2.75, 3.05) is 11.9 Å². The first-order valence-electron chi connectivity index (χ1n) is 7.30. The molecule has 0 saturated carbocycles.